The first-order valence-corrected chi connectivity index (χ1v) is 8.75. The maximum atomic E-state index is 12.7. The van der Waals surface area contributed by atoms with Crippen LogP contribution in [0.5, 0.6) is 0 Å². The summed E-state index contributed by atoms with van der Waals surface area (Å²) in [6, 6.07) is 6.18. The molecule has 132 valence electrons. The zero-order valence-electron chi connectivity index (χ0n) is 14.7. The van der Waals surface area contributed by atoms with E-state index in [0.717, 1.165) is 24.1 Å². The second-order valence-corrected chi connectivity index (χ2v) is 6.84. The van der Waals surface area contributed by atoms with Crippen LogP contribution in [-0.4, -0.2) is 52.6 Å². The summed E-state index contributed by atoms with van der Waals surface area (Å²) >= 11 is 0. The number of amides is 1. The highest BCUT2D eigenvalue weighted by Crippen LogP contribution is 2.31. The van der Waals surface area contributed by atoms with Crippen molar-refractivity contribution in [3.8, 4) is 11.3 Å². The lowest BCUT2D eigenvalue weighted by Crippen LogP contribution is -2.48. The largest absolute Gasteiger partial charge is 0.347 e. The SMILES string of the molecule is Cc1ccc(-c2cn(C(=O)N3CCC4(CC3)OCCO4)cn2)cc1C. The van der Waals surface area contributed by atoms with Crippen molar-refractivity contribution < 1.29 is 14.3 Å². The number of aromatic nitrogens is 2. The first kappa shape index (κ1) is 16.3. The van der Waals surface area contributed by atoms with Crippen molar-refractivity contribution >= 4 is 6.03 Å². The molecule has 0 radical (unpaired) electrons. The molecule has 0 aliphatic carbocycles. The van der Waals surface area contributed by atoms with Crippen molar-refractivity contribution in [3.63, 3.8) is 0 Å². The van der Waals surface area contributed by atoms with Gasteiger partial charge in [-0.3, -0.25) is 4.57 Å². The number of rotatable bonds is 1. The number of carbonyl (C=O) groups is 1. The highest BCUT2D eigenvalue weighted by Gasteiger charge is 2.40. The maximum Gasteiger partial charge on any atom is 0.329 e. The van der Waals surface area contributed by atoms with Gasteiger partial charge in [-0.2, -0.15) is 0 Å². The third kappa shape index (κ3) is 3.07. The van der Waals surface area contributed by atoms with Crippen molar-refractivity contribution in [2.24, 2.45) is 0 Å². The van der Waals surface area contributed by atoms with Crippen LogP contribution in [0, 0.1) is 13.8 Å². The lowest BCUT2D eigenvalue weighted by molar-refractivity contribution is -0.181. The van der Waals surface area contributed by atoms with Gasteiger partial charge in [0.1, 0.15) is 6.33 Å². The first-order chi connectivity index (χ1) is 12.1. The van der Waals surface area contributed by atoms with Gasteiger partial charge in [-0.25, -0.2) is 9.78 Å². The molecule has 1 spiro atoms. The molecule has 0 unspecified atom stereocenters. The number of carbonyl (C=O) groups excluding carboxylic acids is 1. The molecule has 1 aromatic heterocycles. The molecule has 0 saturated carbocycles. The Kier molecular flexibility index (Phi) is 4.09. The Bertz CT molecular complexity index is 783. The lowest BCUT2D eigenvalue weighted by atomic mass is 10.0. The summed E-state index contributed by atoms with van der Waals surface area (Å²) in [6.45, 7) is 6.73. The topological polar surface area (TPSA) is 56.6 Å². The van der Waals surface area contributed by atoms with Gasteiger partial charge in [0.15, 0.2) is 5.79 Å². The van der Waals surface area contributed by atoms with E-state index in [1.165, 1.54) is 11.1 Å². The van der Waals surface area contributed by atoms with Crippen LogP contribution in [0.3, 0.4) is 0 Å². The average Bonchev–Trinajstić information content (AvgIpc) is 3.28. The van der Waals surface area contributed by atoms with Crippen molar-refractivity contribution in [2.75, 3.05) is 26.3 Å². The number of aryl methyl sites for hydroxylation is 2. The fourth-order valence-electron chi connectivity index (χ4n) is 3.46. The minimum Gasteiger partial charge on any atom is -0.347 e. The van der Waals surface area contributed by atoms with E-state index in [9.17, 15) is 4.79 Å². The van der Waals surface area contributed by atoms with Crippen molar-refractivity contribution in [1.29, 1.82) is 0 Å². The van der Waals surface area contributed by atoms with Gasteiger partial charge in [0.25, 0.3) is 0 Å². The molecule has 2 saturated heterocycles. The number of piperidine rings is 1. The molecule has 2 aliphatic heterocycles. The van der Waals surface area contributed by atoms with Gasteiger partial charge in [0.2, 0.25) is 0 Å². The van der Waals surface area contributed by atoms with E-state index in [0.29, 0.717) is 26.3 Å². The van der Waals surface area contributed by atoms with Gasteiger partial charge < -0.3 is 14.4 Å². The van der Waals surface area contributed by atoms with Gasteiger partial charge in [-0.05, 0) is 31.0 Å². The normalized spacial score (nSPS) is 19.5. The van der Waals surface area contributed by atoms with Crippen LogP contribution < -0.4 is 0 Å². The van der Waals surface area contributed by atoms with Crippen LogP contribution in [0.15, 0.2) is 30.7 Å². The average molecular weight is 341 g/mol. The monoisotopic (exact) mass is 341 g/mol. The summed E-state index contributed by atoms with van der Waals surface area (Å²) in [4.78, 5) is 19.0. The predicted octanol–water partition coefficient (Wildman–Crippen LogP) is 2.97. The fourth-order valence-corrected chi connectivity index (χ4v) is 3.46. The Labute approximate surface area is 147 Å². The van der Waals surface area contributed by atoms with Gasteiger partial charge in [0.05, 0.1) is 18.9 Å². The number of benzene rings is 1. The zero-order valence-corrected chi connectivity index (χ0v) is 14.7. The molecule has 2 aliphatic rings. The van der Waals surface area contributed by atoms with E-state index in [1.54, 1.807) is 17.1 Å². The van der Waals surface area contributed by atoms with Crippen LogP contribution in [-0.2, 0) is 9.47 Å². The van der Waals surface area contributed by atoms with Crippen LogP contribution in [0.4, 0.5) is 4.79 Å². The van der Waals surface area contributed by atoms with Crippen molar-refractivity contribution in [2.45, 2.75) is 32.5 Å². The van der Waals surface area contributed by atoms with Gasteiger partial charge >= 0.3 is 6.03 Å². The molecule has 1 amide bonds. The van der Waals surface area contributed by atoms with Crippen molar-refractivity contribution in [3.05, 3.63) is 41.9 Å². The molecule has 25 heavy (non-hydrogen) atoms. The lowest BCUT2D eigenvalue weighted by Gasteiger charge is -2.37. The Morgan fingerprint density at radius 3 is 2.52 bits per heavy atom. The summed E-state index contributed by atoms with van der Waals surface area (Å²) in [5.41, 5.74) is 4.31. The van der Waals surface area contributed by atoms with E-state index in [4.69, 9.17) is 9.47 Å². The predicted molar refractivity (Wildman–Crippen MR) is 93.4 cm³/mol. The summed E-state index contributed by atoms with van der Waals surface area (Å²) in [6.07, 6.45) is 4.84. The molecule has 6 heteroatoms. The van der Waals surface area contributed by atoms with Crippen LogP contribution in [0.2, 0.25) is 0 Å². The standard InChI is InChI=1S/C19H23N3O3/c1-14-3-4-16(11-15(14)2)17-12-22(13-20-17)18(23)21-7-5-19(6-8-21)24-9-10-25-19/h3-4,11-13H,5-10H2,1-2H3. The van der Waals surface area contributed by atoms with E-state index in [1.807, 2.05) is 11.0 Å². The Balaban J connectivity index is 1.46. The minimum atomic E-state index is -0.462. The summed E-state index contributed by atoms with van der Waals surface area (Å²) in [7, 11) is 0. The Hall–Kier alpha value is -2.18. The zero-order chi connectivity index (χ0) is 17.4. The third-order valence-electron chi connectivity index (χ3n) is 5.22. The molecule has 0 N–H and O–H groups in total. The first-order valence-electron chi connectivity index (χ1n) is 8.75. The van der Waals surface area contributed by atoms with Gasteiger partial charge in [-0.15, -0.1) is 0 Å². The van der Waals surface area contributed by atoms with Crippen LogP contribution >= 0.6 is 0 Å². The molecular formula is C19H23N3O3. The molecule has 3 heterocycles. The van der Waals surface area contributed by atoms with E-state index >= 15 is 0 Å². The molecule has 2 fully saturated rings. The third-order valence-corrected chi connectivity index (χ3v) is 5.22. The number of nitrogens with zero attached hydrogens (tertiary/aromatic N) is 3. The second-order valence-electron chi connectivity index (χ2n) is 6.84. The number of imidazole rings is 1. The van der Waals surface area contributed by atoms with Gasteiger partial charge in [-0.1, -0.05) is 12.1 Å². The quantitative estimate of drug-likeness (QED) is 0.800. The van der Waals surface area contributed by atoms with E-state index < -0.39 is 5.79 Å². The van der Waals surface area contributed by atoms with E-state index in [2.05, 4.69) is 31.0 Å². The number of hydrogen-bond acceptors (Lipinski definition) is 4. The second kappa shape index (κ2) is 6.28. The molecule has 6 nitrogen and oxygen atoms in total. The van der Waals surface area contributed by atoms with Crippen LogP contribution in [0.1, 0.15) is 24.0 Å². The highest BCUT2D eigenvalue weighted by molar-refractivity contribution is 5.78. The highest BCUT2D eigenvalue weighted by atomic mass is 16.7. The molecular weight excluding hydrogens is 318 g/mol. The smallest absolute Gasteiger partial charge is 0.329 e. The minimum absolute atomic E-state index is 0.0459. The summed E-state index contributed by atoms with van der Waals surface area (Å²) < 4.78 is 13.0. The summed E-state index contributed by atoms with van der Waals surface area (Å²) in [5.74, 6) is -0.462. The molecule has 1 aromatic carbocycles. The number of ether oxygens (including phenoxy) is 2. The van der Waals surface area contributed by atoms with E-state index in [-0.39, 0.29) is 6.03 Å². The van der Waals surface area contributed by atoms with Crippen LogP contribution in [0.25, 0.3) is 11.3 Å². The fraction of sp³-hybridized carbons (Fsp3) is 0.474. The molecule has 4 rings (SSSR count). The summed E-state index contributed by atoms with van der Waals surface area (Å²) in [5, 5.41) is 0. The molecule has 0 bridgehead atoms. The van der Waals surface area contributed by atoms with Crippen molar-refractivity contribution in [1.82, 2.24) is 14.5 Å². The maximum absolute atomic E-state index is 12.7. The number of hydrogen-bond donors (Lipinski definition) is 0. The van der Waals surface area contributed by atoms with Gasteiger partial charge in [0, 0.05) is 37.7 Å². The molecule has 2 aromatic rings. The molecule has 0 atom stereocenters. The Morgan fingerprint density at radius 2 is 1.84 bits per heavy atom. The number of likely N-dealkylation sites (tertiary alicyclic amines) is 1. The Morgan fingerprint density at radius 1 is 1.12 bits per heavy atom.